The molecule has 2 aromatic heterocycles. The lowest BCUT2D eigenvalue weighted by Crippen LogP contribution is -2.87. The number of nitrogens with zero attached hydrogens (tertiary/aromatic N) is 2. The van der Waals surface area contributed by atoms with Gasteiger partial charge in [-0.15, -0.1) is 21.5 Å². The van der Waals surface area contributed by atoms with Gasteiger partial charge in [0.15, 0.2) is 12.6 Å². The Hall–Kier alpha value is -1.73. The van der Waals surface area contributed by atoms with E-state index in [1.165, 1.54) is 0 Å². The fourth-order valence-electron chi connectivity index (χ4n) is 1.41. The predicted octanol–water partition coefficient (Wildman–Crippen LogP) is 0.169. The summed E-state index contributed by atoms with van der Waals surface area (Å²) in [5.41, 5.74) is 0. The van der Waals surface area contributed by atoms with Crippen molar-refractivity contribution in [1.29, 1.82) is 0 Å². The lowest BCUT2D eigenvalue weighted by atomic mass is 10.3. The highest BCUT2D eigenvalue weighted by atomic mass is 32.1. The molecule has 1 atom stereocenters. The highest BCUT2D eigenvalue weighted by Crippen LogP contribution is 2.23. The van der Waals surface area contributed by atoms with E-state index in [1.54, 1.807) is 18.4 Å². The number of rotatable bonds is 5. The second kappa shape index (κ2) is 5.74. The Morgan fingerprint density at radius 2 is 2.44 bits per heavy atom. The smallest absolute Gasteiger partial charge is 0.274 e. The number of amides is 1. The summed E-state index contributed by atoms with van der Waals surface area (Å²) in [6.45, 7) is 2.27. The zero-order valence-corrected chi connectivity index (χ0v) is 11.0. The van der Waals surface area contributed by atoms with Crippen molar-refractivity contribution in [2.24, 2.45) is 0 Å². The van der Waals surface area contributed by atoms with Crippen LogP contribution >= 0.6 is 11.3 Å². The summed E-state index contributed by atoms with van der Waals surface area (Å²) >= 11 is 1.55. The molecule has 0 aliphatic rings. The molecule has 7 heteroatoms. The number of aromatic nitrogens is 2. The molecule has 2 heterocycles. The largest absolute Gasteiger partial charge is 0.414 e. The number of hydrogen-bond acceptors (Lipinski definition) is 5. The van der Waals surface area contributed by atoms with Crippen LogP contribution in [0.2, 0.25) is 0 Å². The molecular formula is C11H15N4O2S+. The van der Waals surface area contributed by atoms with Gasteiger partial charge < -0.3 is 15.1 Å². The quantitative estimate of drug-likeness (QED) is 0.808. The van der Waals surface area contributed by atoms with E-state index in [4.69, 9.17) is 4.42 Å². The maximum Gasteiger partial charge on any atom is 0.274 e. The molecule has 1 amide bonds. The topological polar surface area (TPSA) is 84.6 Å². The molecule has 3 N–H and O–H groups in total. The van der Waals surface area contributed by atoms with Gasteiger partial charge in [0.25, 0.3) is 17.7 Å². The van der Waals surface area contributed by atoms with E-state index in [-0.39, 0.29) is 11.9 Å². The first kappa shape index (κ1) is 12.7. The van der Waals surface area contributed by atoms with Crippen LogP contribution < -0.4 is 10.6 Å². The van der Waals surface area contributed by atoms with Gasteiger partial charge in [-0.05, 0) is 18.4 Å². The van der Waals surface area contributed by atoms with Gasteiger partial charge >= 0.3 is 0 Å². The maximum absolute atomic E-state index is 11.1. The van der Waals surface area contributed by atoms with Crippen LogP contribution in [0.25, 0.3) is 10.8 Å². The van der Waals surface area contributed by atoms with E-state index >= 15 is 0 Å². The normalized spacial score (nSPS) is 12.3. The Labute approximate surface area is 108 Å². The first-order valence-electron chi connectivity index (χ1n) is 5.62. The van der Waals surface area contributed by atoms with Gasteiger partial charge in [-0.25, -0.2) is 0 Å². The van der Waals surface area contributed by atoms with Gasteiger partial charge in [0.05, 0.1) is 4.88 Å². The lowest BCUT2D eigenvalue weighted by molar-refractivity contribution is -0.685. The van der Waals surface area contributed by atoms with Crippen LogP contribution in [0.15, 0.2) is 21.9 Å². The van der Waals surface area contributed by atoms with E-state index < -0.39 is 0 Å². The van der Waals surface area contributed by atoms with Gasteiger partial charge in [0.2, 0.25) is 0 Å². The minimum absolute atomic E-state index is 0.0279. The minimum Gasteiger partial charge on any atom is -0.414 e. The van der Waals surface area contributed by atoms with Crippen LogP contribution in [0.5, 0.6) is 0 Å². The number of thiophene rings is 1. The van der Waals surface area contributed by atoms with Crippen molar-refractivity contribution < 1.29 is 14.5 Å². The van der Waals surface area contributed by atoms with Crippen LogP contribution in [0, 0.1) is 0 Å². The van der Waals surface area contributed by atoms with Crippen molar-refractivity contribution in [2.45, 2.75) is 13.0 Å². The van der Waals surface area contributed by atoms with Gasteiger partial charge in [-0.2, -0.15) is 0 Å². The van der Waals surface area contributed by atoms with Crippen LogP contribution in [-0.4, -0.2) is 29.7 Å². The number of quaternary nitrogens is 1. The summed E-state index contributed by atoms with van der Waals surface area (Å²) in [5.74, 6) is 1.03. The molecule has 0 aromatic carbocycles. The Morgan fingerprint density at radius 3 is 3.11 bits per heavy atom. The van der Waals surface area contributed by atoms with Crippen molar-refractivity contribution >= 4 is 17.2 Å². The maximum atomic E-state index is 11.1. The first-order valence-corrected chi connectivity index (χ1v) is 6.50. The average molecular weight is 267 g/mol. The zero-order chi connectivity index (χ0) is 13.0. The number of nitrogens with one attached hydrogen (secondary N) is 1. The molecule has 96 valence electrons. The average Bonchev–Trinajstić information content (AvgIpc) is 3.04. The summed E-state index contributed by atoms with van der Waals surface area (Å²) in [6.07, 6.45) is 0. The van der Waals surface area contributed by atoms with E-state index in [9.17, 15) is 4.79 Å². The van der Waals surface area contributed by atoms with Crippen molar-refractivity contribution in [3.63, 3.8) is 0 Å². The van der Waals surface area contributed by atoms with Crippen LogP contribution in [0.3, 0.4) is 0 Å². The van der Waals surface area contributed by atoms with Crippen LogP contribution in [0.4, 0.5) is 0 Å². The second-order valence-corrected chi connectivity index (χ2v) is 4.77. The predicted molar refractivity (Wildman–Crippen MR) is 66.9 cm³/mol. The third kappa shape index (κ3) is 2.93. The molecule has 0 unspecified atom stereocenters. The van der Waals surface area contributed by atoms with E-state index in [1.807, 2.05) is 29.8 Å². The SMILES string of the molecule is CNC(=O)C[NH2+][C@H](C)c1nnc(-c2cccs2)o1. The molecule has 0 aliphatic carbocycles. The van der Waals surface area contributed by atoms with Crippen LogP contribution in [-0.2, 0) is 4.79 Å². The minimum atomic E-state index is -0.0384. The van der Waals surface area contributed by atoms with Gasteiger partial charge in [-0.3, -0.25) is 4.79 Å². The standard InChI is InChI=1S/C11H14N4O2S/c1-7(13-6-9(16)12-2)10-14-15-11(17-10)8-4-3-5-18-8/h3-5,7,13H,6H2,1-2H3,(H,12,16)/p+1/t7-/m1/s1. The Morgan fingerprint density at radius 1 is 1.61 bits per heavy atom. The fraction of sp³-hybridized carbons (Fsp3) is 0.364. The summed E-state index contributed by atoms with van der Waals surface area (Å²) in [6, 6.07) is 3.83. The highest BCUT2D eigenvalue weighted by molar-refractivity contribution is 7.13. The summed E-state index contributed by atoms with van der Waals surface area (Å²) in [5, 5.41) is 14.4. The number of carbonyl (C=O) groups is 1. The molecule has 0 fully saturated rings. The second-order valence-electron chi connectivity index (χ2n) is 3.82. The summed E-state index contributed by atoms with van der Waals surface area (Å²) in [7, 11) is 1.61. The molecular weight excluding hydrogens is 252 g/mol. The Kier molecular flexibility index (Phi) is 4.06. The van der Waals surface area contributed by atoms with E-state index in [2.05, 4.69) is 15.5 Å². The summed E-state index contributed by atoms with van der Waals surface area (Å²) < 4.78 is 5.58. The van der Waals surface area contributed by atoms with E-state index in [0.717, 1.165) is 4.88 Å². The van der Waals surface area contributed by atoms with Crippen molar-refractivity contribution in [1.82, 2.24) is 15.5 Å². The fourth-order valence-corrected chi connectivity index (χ4v) is 2.05. The monoisotopic (exact) mass is 267 g/mol. The van der Waals surface area contributed by atoms with Gasteiger partial charge in [0.1, 0.15) is 0 Å². The molecule has 0 spiro atoms. The van der Waals surface area contributed by atoms with Crippen molar-refractivity contribution in [3.05, 3.63) is 23.4 Å². The Balaban J connectivity index is 1.99. The van der Waals surface area contributed by atoms with E-state index in [0.29, 0.717) is 18.3 Å². The summed E-state index contributed by atoms with van der Waals surface area (Å²) in [4.78, 5) is 12.1. The zero-order valence-electron chi connectivity index (χ0n) is 10.2. The molecule has 0 saturated carbocycles. The van der Waals surface area contributed by atoms with Gasteiger partial charge in [0, 0.05) is 7.05 Å². The lowest BCUT2D eigenvalue weighted by Gasteiger charge is -2.04. The van der Waals surface area contributed by atoms with Crippen LogP contribution in [0.1, 0.15) is 18.9 Å². The first-order chi connectivity index (χ1) is 8.70. The number of likely N-dealkylation sites (N-methyl/N-ethyl adjacent to an activating group) is 1. The molecule has 0 aliphatic heterocycles. The molecule has 2 aromatic rings. The highest BCUT2D eigenvalue weighted by Gasteiger charge is 2.18. The molecule has 0 bridgehead atoms. The van der Waals surface area contributed by atoms with Crippen molar-refractivity contribution in [3.8, 4) is 10.8 Å². The number of nitrogens with two attached hydrogens (primary N) is 1. The molecule has 6 nitrogen and oxygen atoms in total. The molecule has 2 rings (SSSR count). The third-order valence-electron chi connectivity index (χ3n) is 2.50. The molecule has 0 radical (unpaired) electrons. The molecule has 0 saturated heterocycles. The number of carbonyl (C=O) groups excluding carboxylic acids is 1. The van der Waals surface area contributed by atoms with Gasteiger partial charge in [-0.1, -0.05) is 6.07 Å². The molecule has 18 heavy (non-hydrogen) atoms. The van der Waals surface area contributed by atoms with Crippen molar-refractivity contribution in [2.75, 3.05) is 13.6 Å². The third-order valence-corrected chi connectivity index (χ3v) is 3.36. The Bertz CT molecular complexity index is 509. The number of hydrogen-bond donors (Lipinski definition) is 2.